The van der Waals surface area contributed by atoms with Crippen LogP contribution in [0.15, 0.2) is 0 Å². The molecule has 2 atom stereocenters. The van der Waals surface area contributed by atoms with E-state index in [-0.39, 0.29) is 11.8 Å². The monoisotopic (exact) mass is 267 g/mol. The van der Waals surface area contributed by atoms with Crippen LogP contribution >= 0.6 is 0 Å². The average Bonchev–Trinajstić information content (AvgIpc) is 3.23. The number of hydrogen-bond donors (Lipinski definition) is 1. The molecular formula is C15H25NO3. The molecule has 0 spiro atoms. The Morgan fingerprint density at radius 2 is 1.74 bits per heavy atom. The van der Waals surface area contributed by atoms with Gasteiger partial charge in [0.2, 0.25) is 5.91 Å². The average molecular weight is 267 g/mol. The van der Waals surface area contributed by atoms with Crippen LogP contribution in [0.5, 0.6) is 0 Å². The molecule has 4 nitrogen and oxygen atoms in total. The van der Waals surface area contributed by atoms with Gasteiger partial charge in [0.1, 0.15) is 0 Å². The Morgan fingerprint density at radius 1 is 1.11 bits per heavy atom. The summed E-state index contributed by atoms with van der Waals surface area (Å²) in [6.45, 7) is 2.93. The minimum atomic E-state index is -0.788. The van der Waals surface area contributed by atoms with Crippen molar-refractivity contribution >= 4 is 11.9 Å². The standard InChI is InChI=1S/C15H25NO3/c1-2-3-10-16(11-8-9-11)14(17)12-6-4-5-7-13(12)15(18)19/h11-13H,2-10H2,1H3,(H,18,19). The number of amides is 1. The van der Waals surface area contributed by atoms with E-state index in [0.717, 1.165) is 51.5 Å². The number of carbonyl (C=O) groups is 2. The zero-order chi connectivity index (χ0) is 13.8. The lowest BCUT2D eigenvalue weighted by Crippen LogP contribution is -2.44. The second-order valence-electron chi connectivity index (χ2n) is 5.95. The number of aliphatic carboxylic acids is 1. The van der Waals surface area contributed by atoms with Gasteiger partial charge < -0.3 is 10.0 Å². The fourth-order valence-corrected chi connectivity index (χ4v) is 3.12. The molecule has 0 aromatic heterocycles. The molecule has 2 aliphatic carbocycles. The summed E-state index contributed by atoms with van der Waals surface area (Å²) >= 11 is 0. The van der Waals surface area contributed by atoms with Crippen molar-refractivity contribution in [3.63, 3.8) is 0 Å². The smallest absolute Gasteiger partial charge is 0.307 e. The van der Waals surface area contributed by atoms with E-state index >= 15 is 0 Å². The molecule has 2 fully saturated rings. The van der Waals surface area contributed by atoms with E-state index in [0.29, 0.717) is 12.5 Å². The zero-order valence-corrected chi connectivity index (χ0v) is 11.8. The Kier molecular flexibility index (Phi) is 4.83. The summed E-state index contributed by atoms with van der Waals surface area (Å²) in [5.74, 6) is -1.40. The third kappa shape index (κ3) is 3.48. The van der Waals surface area contributed by atoms with E-state index < -0.39 is 11.9 Å². The van der Waals surface area contributed by atoms with E-state index in [1.165, 1.54) is 0 Å². The van der Waals surface area contributed by atoms with Crippen molar-refractivity contribution in [1.82, 2.24) is 4.90 Å². The van der Waals surface area contributed by atoms with Gasteiger partial charge in [0, 0.05) is 12.6 Å². The van der Waals surface area contributed by atoms with Crippen LogP contribution < -0.4 is 0 Å². The van der Waals surface area contributed by atoms with Crippen molar-refractivity contribution in [2.75, 3.05) is 6.54 Å². The Bertz CT molecular complexity index is 338. The van der Waals surface area contributed by atoms with Crippen LogP contribution in [0.1, 0.15) is 58.3 Å². The molecule has 2 rings (SSSR count). The van der Waals surface area contributed by atoms with Crippen molar-refractivity contribution in [3.05, 3.63) is 0 Å². The van der Waals surface area contributed by atoms with Gasteiger partial charge in [-0.3, -0.25) is 9.59 Å². The third-order valence-electron chi connectivity index (χ3n) is 4.42. The van der Waals surface area contributed by atoms with Crippen molar-refractivity contribution < 1.29 is 14.7 Å². The highest BCUT2D eigenvalue weighted by Crippen LogP contribution is 2.35. The molecule has 0 aromatic carbocycles. The van der Waals surface area contributed by atoms with E-state index in [9.17, 15) is 14.7 Å². The summed E-state index contributed by atoms with van der Waals surface area (Å²) < 4.78 is 0. The van der Waals surface area contributed by atoms with Gasteiger partial charge in [-0.1, -0.05) is 26.2 Å². The van der Waals surface area contributed by atoms with Gasteiger partial charge in [0.05, 0.1) is 11.8 Å². The third-order valence-corrected chi connectivity index (χ3v) is 4.42. The second kappa shape index (κ2) is 6.40. The van der Waals surface area contributed by atoms with E-state index in [1.807, 2.05) is 4.90 Å². The highest BCUT2D eigenvalue weighted by molar-refractivity contribution is 5.85. The lowest BCUT2D eigenvalue weighted by molar-refractivity contribution is -0.152. The SMILES string of the molecule is CCCCN(C(=O)C1CCCCC1C(=O)O)C1CC1. The number of hydrogen-bond acceptors (Lipinski definition) is 2. The number of rotatable bonds is 6. The van der Waals surface area contributed by atoms with Crippen LogP contribution in [0.3, 0.4) is 0 Å². The minimum Gasteiger partial charge on any atom is -0.481 e. The summed E-state index contributed by atoms with van der Waals surface area (Å²) in [7, 11) is 0. The Balaban J connectivity index is 2.03. The van der Waals surface area contributed by atoms with Crippen LogP contribution in [0.25, 0.3) is 0 Å². The molecule has 0 aromatic rings. The van der Waals surface area contributed by atoms with Gasteiger partial charge in [0.25, 0.3) is 0 Å². The van der Waals surface area contributed by atoms with Gasteiger partial charge in [-0.15, -0.1) is 0 Å². The number of carboxylic acids is 1. The fourth-order valence-electron chi connectivity index (χ4n) is 3.12. The van der Waals surface area contributed by atoms with Crippen LogP contribution in [0.4, 0.5) is 0 Å². The quantitative estimate of drug-likeness (QED) is 0.805. The molecule has 2 unspecified atom stereocenters. The highest BCUT2D eigenvalue weighted by Gasteiger charge is 2.41. The maximum Gasteiger partial charge on any atom is 0.307 e. The lowest BCUT2D eigenvalue weighted by atomic mass is 9.78. The molecule has 1 N–H and O–H groups in total. The van der Waals surface area contributed by atoms with Gasteiger partial charge in [0.15, 0.2) is 0 Å². The summed E-state index contributed by atoms with van der Waals surface area (Å²) in [6, 6.07) is 0.399. The number of carboxylic acid groups (broad SMARTS) is 1. The first-order valence-corrected chi connectivity index (χ1v) is 7.68. The van der Waals surface area contributed by atoms with Gasteiger partial charge in [-0.25, -0.2) is 0 Å². The van der Waals surface area contributed by atoms with E-state index in [2.05, 4.69) is 6.92 Å². The molecule has 1 amide bonds. The minimum absolute atomic E-state index is 0.114. The van der Waals surface area contributed by atoms with Crippen LogP contribution in [-0.2, 0) is 9.59 Å². The van der Waals surface area contributed by atoms with Gasteiger partial charge in [-0.05, 0) is 32.1 Å². The molecule has 19 heavy (non-hydrogen) atoms. The predicted molar refractivity (Wildman–Crippen MR) is 72.7 cm³/mol. The predicted octanol–water partition coefficient (Wildman–Crippen LogP) is 2.67. The number of unbranched alkanes of at least 4 members (excludes halogenated alkanes) is 1. The molecule has 0 radical (unpaired) electrons. The summed E-state index contributed by atoms with van der Waals surface area (Å²) in [4.78, 5) is 26.0. The Morgan fingerprint density at radius 3 is 2.26 bits per heavy atom. The first-order chi connectivity index (χ1) is 9.15. The normalized spacial score (nSPS) is 27.0. The molecule has 0 heterocycles. The molecular weight excluding hydrogens is 242 g/mol. The molecule has 0 aliphatic heterocycles. The van der Waals surface area contributed by atoms with Gasteiger partial charge >= 0.3 is 5.97 Å². The van der Waals surface area contributed by atoms with Gasteiger partial charge in [-0.2, -0.15) is 0 Å². The van der Waals surface area contributed by atoms with Crippen molar-refractivity contribution in [1.29, 1.82) is 0 Å². The molecule has 0 saturated heterocycles. The molecule has 2 aliphatic rings. The van der Waals surface area contributed by atoms with Crippen molar-refractivity contribution in [3.8, 4) is 0 Å². The van der Waals surface area contributed by atoms with Crippen molar-refractivity contribution in [2.24, 2.45) is 11.8 Å². The topological polar surface area (TPSA) is 57.6 Å². The van der Waals surface area contributed by atoms with E-state index in [1.54, 1.807) is 0 Å². The largest absolute Gasteiger partial charge is 0.481 e. The second-order valence-corrected chi connectivity index (χ2v) is 5.95. The lowest BCUT2D eigenvalue weighted by Gasteiger charge is -2.33. The van der Waals surface area contributed by atoms with Crippen LogP contribution in [-0.4, -0.2) is 34.5 Å². The van der Waals surface area contributed by atoms with Crippen molar-refractivity contribution in [2.45, 2.75) is 64.3 Å². The number of nitrogens with zero attached hydrogens (tertiary/aromatic N) is 1. The molecule has 0 bridgehead atoms. The maximum absolute atomic E-state index is 12.7. The van der Waals surface area contributed by atoms with E-state index in [4.69, 9.17) is 0 Å². The maximum atomic E-state index is 12.7. The molecule has 2 saturated carbocycles. The summed E-state index contributed by atoms with van der Waals surface area (Å²) in [6.07, 6.45) is 7.64. The first kappa shape index (κ1) is 14.4. The number of carbonyl (C=O) groups excluding carboxylic acids is 1. The highest BCUT2D eigenvalue weighted by atomic mass is 16.4. The molecule has 108 valence electrons. The van der Waals surface area contributed by atoms with Crippen LogP contribution in [0.2, 0.25) is 0 Å². The van der Waals surface area contributed by atoms with Crippen LogP contribution in [0, 0.1) is 11.8 Å². The fraction of sp³-hybridized carbons (Fsp3) is 0.867. The summed E-state index contributed by atoms with van der Waals surface area (Å²) in [5, 5.41) is 9.30. The zero-order valence-electron chi connectivity index (χ0n) is 11.8. The summed E-state index contributed by atoms with van der Waals surface area (Å²) in [5.41, 5.74) is 0. The first-order valence-electron chi connectivity index (χ1n) is 7.68. The Labute approximate surface area is 115 Å². The molecule has 4 heteroatoms. The Hall–Kier alpha value is -1.06.